The topological polar surface area (TPSA) is 68.6 Å². The Labute approximate surface area is 180 Å². The van der Waals surface area contributed by atoms with Crippen LogP contribution < -0.4 is 5.32 Å². The number of rotatable bonds is 5. The number of nitriles is 1. The highest BCUT2D eigenvalue weighted by Crippen LogP contribution is 2.47. The third-order valence-electron chi connectivity index (χ3n) is 7.56. The number of nitrogens with one attached hydrogen (secondary N) is 1. The van der Waals surface area contributed by atoms with Crippen LogP contribution in [0.25, 0.3) is 0 Å². The van der Waals surface area contributed by atoms with Crippen molar-refractivity contribution in [2.24, 2.45) is 11.3 Å². The SMILES string of the molecule is CCN1CC[C@@H]2C[C@@H](N3CCOCC3)CC[C@@]2(C(=O)NCc2ccc(C#N)cc2)C1. The van der Waals surface area contributed by atoms with Crippen molar-refractivity contribution in [3.8, 4) is 6.07 Å². The van der Waals surface area contributed by atoms with Gasteiger partial charge in [-0.1, -0.05) is 19.1 Å². The molecular weight excluding hydrogens is 376 g/mol. The molecule has 1 aromatic carbocycles. The summed E-state index contributed by atoms with van der Waals surface area (Å²) in [5, 5.41) is 12.2. The van der Waals surface area contributed by atoms with E-state index in [4.69, 9.17) is 10.00 Å². The number of piperidine rings is 1. The molecular formula is C24H34N4O2. The fourth-order valence-electron chi connectivity index (χ4n) is 5.69. The summed E-state index contributed by atoms with van der Waals surface area (Å²) in [5.41, 5.74) is 1.42. The molecule has 6 heteroatoms. The highest BCUT2D eigenvalue weighted by atomic mass is 16.5. The fraction of sp³-hybridized carbons (Fsp3) is 0.667. The van der Waals surface area contributed by atoms with E-state index >= 15 is 0 Å². The fourth-order valence-corrected chi connectivity index (χ4v) is 5.69. The number of ether oxygens (including phenoxy) is 1. The molecule has 6 nitrogen and oxygen atoms in total. The molecule has 2 aliphatic heterocycles. The van der Waals surface area contributed by atoms with Gasteiger partial charge >= 0.3 is 0 Å². The minimum Gasteiger partial charge on any atom is -0.379 e. The molecule has 1 aromatic rings. The molecule has 4 rings (SSSR count). The summed E-state index contributed by atoms with van der Waals surface area (Å²) >= 11 is 0. The standard InChI is InChI=1S/C24H34N4O2/c1-2-27-10-8-21-15-22(28-11-13-30-14-12-28)7-9-24(21,18-27)23(29)26-17-20-5-3-19(16-25)4-6-20/h3-6,21-22H,2,7-15,17-18H2,1H3,(H,26,29)/t21-,22+,24-/m1/s1. The van der Waals surface area contributed by atoms with Crippen LogP contribution in [0.5, 0.6) is 0 Å². The van der Waals surface area contributed by atoms with Crippen LogP contribution in [0.3, 0.4) is 0 Å². The van der Waals surface area contributed by atoms with Gasteiger partial charge in [-0.15, -0.1) is 0 Å². The molecule has 1 N–H and O–H groups in total. The maximum Gasteiger partial charge on any atom is 0.228 e. The predicted octanol–water partition coefficient (Wildman–Crippen LogP) is 2.39. The molecule has 3 atom stereocenters. The Kier molecular flexibility index (Phi) is 6.72. The van der Waals surface area contributed by atoms with Crippen LogP contribution in [0.4, 0.5) is 0 Å². The molecule has 1 aliphatic carbocycles. The van der Waals surface area contributed by atoms with E-state index < -0.39 is 0 Å². The van der Waals surface area contributed by atoms with Gasteiger partial charge < -0.3 is 15.0 Å². The van der Waals surface area contributed by atoms with Crippen molar-refractivity contribution in [3.05, 3.63) is 35.4 Å². The van der Waals surface area contributed by atoms with E-state index in [0.29, 0.717) is 24.1 Å². The molecule has 0 spiro atoms. The number of carbonyl (C=O) groups is 1. The summed E-state index contributed by atoms with van der Waals surface area (Å²) < 4.78 is 5.54. The zero-order chi connectivity index (χ0) is 21.0. The third-order valence-corrected chi connectivity index (χ3v) is 7.56. The number of carbonyl (C=O) groups excluding carboxylic acids is 1. The van der Waals surface area contributed by atoms with Crippen LogP contribution in [-0.4, -0.2) is 67.7 Å². The lowest BCUT2D eigenvalue weighted by Crippen LogP contribution is -2.60. The molecule has 30 heavy (non-hydrogen) atoms. The normalized spacial score (nSPS) is 30.3. The van der Waals surface area contributed by atoms with Crippen molar-refractivity contribution >= 4 is 5.91 Å². The number of nitrogens with zero attached hydrogens (tertiary/aromatic N) is 3. The maximum atomic E-state index is 13.6. The van der Waals surface area contributed by atoms with Crippen LogP contribution >= 0.6 is 0 Å². The Morgan fingerprint density at radius 2 is 2.00 bits per heavy atom. The summed E-state index contributed by atoms with van der Waals surface area (Å²) in [6, 6.07) is 10.2. The number of morpholine rings is 1. The van der Waals surface area contributed by atoms with E-state index in [9.17, 15) is 4.79 Å². The van der Waals surface area contributed by atoms with E-state index in [1.165, 1.54) is 0 Å². The smallest absolute Gasteiger partial charge is 0.228 e. The van der Waals surface area contributed by atoms with Gasteiger partial charge in [-0.2, -0.15) is 5.26 Å². The quantitative estimate of drug-likeness (QED) is 0.807. The van der Waals surface area contributed by atoms with E-state index in [1.54, 1.807) is 0 Å². The van der Waals surface area contributed by atoms with Gasteiger partial charge in [0, 0.05) is 32.2 Å². The minimum absolute atomic E-state index is 0.218. The lowest BCUT2D eigenvalue weighted by atomic mass is 9.61. The van der Waals surface area contributed by atoms with Gasteiger partial charge in [-0.25, -0.2) is 0 Å². The largest absolute Gasteiger partial charge is 0.379 e. The average molecular weight is 411 g/mol. The van der Waals surface area contributed by atoms with Gasteiger partial charge in [0.05, 0.1) is 30.3 Å². The summed E-state index contributed by atoms with van der Waals surface area (Å²) in [4.78, 5) is 18.6. The maximum absolute atomic E-state index is 13.6. The molecule has 0 bridgehead atoms. The van der Waals surface area contributed by atoms with Gasteiger partial charge in [0.25, 0.3) is 0 Å². The minimum atomic E-state index is -0.274. The lowest BCUT2D eigenvalue weighted by Gasteiger charge is -2.53. The third kappa shape index (κ3) is 4.39. The van der Waals surface area contributed by atoms with Crippen molar-refractivity contribution in [1.29, 1.82) is 5.26 Å². The Hall–Kier alpha value is -1.94. The van der Waals surface area contributed by atoms with Gasteiger partial charge in [0.15, 0.2) is 0 Å². The molecule has 2 heterocycles. The van der Waals surface area contributed by atoms with Crippen molar-refractivity contribution in [2.75, 3.05) is 45.9 Å². The summed E-state index contributed by atoms with van der Waals surface area (Å²) in [6.45, 7) is 9.42. The molecule has 0 radical (unpaired) electrons. The average Bonchev–Trinajstić information content (AvgIpc) is 2.82. The first-order valence-corrected chi connectivity index (χ1v) is 11.5. The monoisotopic (exact) mass is 410 g/mol. The number of benzene rings is 1. The lowest BCUT2D eigenvalue weighted by molar-refractivity contribution is -0.145. The molecule has 2 saturated heterocycles. The van der Waals surface area contributed by atoms with E-state index in [-0.39, 0.29) is 11.3 Å². The molecule has 3 aliphatic rings. The second-order valence-electron chi connectivity index (χ2n) is 9.08. The summed E-state index contributed by atoms with van der Waals surface area (Å²) in [6.07, 6.45) is 4.30. The Morgan fingerprint density at radius 3 is 2.70 bits per heavy atom. The molecule has 0 aromatic heterocycles. The van der Waals surface area contributed by atoms with Crippen LogP contribution in [0.1, 0.15) is 43.7 Å². The van der Waals surface area contributed by atoms with Gasteiger partial charge in [-0.3, -0.25) is 9.69 Å². The van der Waals surface area contributed by atoms with Crippen molar-refractivity contribution in [3.63, 3.8) is 0 Å². The Morgan fingerprint density at radius 1 is 1.23 bits per heavy atom. The number of amides is 1. The van der Waals surface area contributed by atoms with Crippen molar-refractivity contribution < 1.29 is 9.53 Å². The highest BCUT2D eigenvalue weighted by Gasteiger charge is 2.52. The van der Waals surface area contributed by atoms with Crippen molar-refractivity contribution in [2.45, 2.75) is 45.2 Å². The predicted molar refractivity (Wildman–Crippen MR) is 116 cm³/mol. The number of likely N-dealkylation sites (tertiary alicyclic amines) is 1. The van der Waals surface area contributed by atoms with Crippen LogP contribution in [-0.2, 0) is 16.1 Å². The number of hydrogen-bond acceptors (Lipinski definition) is 5. The van der Waals surface area contributed by atoms with Crippen LogP contribution in [0, 0.1) is 22.7 Å². The van der Waals surface area contributed by atoms with Crippen LogP contribution in [0.15, 0.2) is 24.3 Å². The first-order valence-electron chi connectivity index (χ1n) is 11.5. The van der Waals surface area contributed by atoms with Gasteiger partial charge in [0.1, 0.15) is 0 Å². The van der Waals surface area contributed by atoms with E-state index in [0.717, 1.165) is 77.2 Å². The molecule has 1 saturated carbocycles. The highest BCUT2D eigenvalue weighted by molar-refractivity contribution is 5.83. The van der Waals surface area contributed by atoms with E-state index in [1.807, 2.05) is 24.3 Å². The Balaban J connectivity index is 1.45. The zero-order valence-electron chi connectivity index (χ0n) is 18.1. The van der Waals surface area contributed by atoms with Gasteiger partial charge in [-0.05, 0) is 62.4 Å². The van der Waals surface area contributed by atoms with Crippen LogP contribution in [0.2, 0.25) is 0 Å². The second kappa shape index (κ2) is 9.47. The van der Waals surface area contributed by atoms with E-state index in [2.05, 4.69) is 28.1 Å². The zero-order valence-corrected chi connectivity index (χ0v) is 18.1. The van der Waals surface area contributed by atoms with Crippen molar-refractivity contribution in [1.82, 2.24) is 15.1 Å². The molecule has 162 valence electrons. The molecule has 0 unspecified atom stereocenters. The molecule has 1 amide bonds. The summed E-state index contributed by atoms with van der Waals surface area (Å²) in [5.74, 6) is 0.665. The van der Waals surface area contributed by atoms with Gasteiger partial charge in [0.2, 0.25) is 5.91 Å². The second-order valence-corrected chi connectivity index (χ2v) is 9.08. The summed E-state index contributed by atoms with van der Waals surface area (Å²) in [7, 11) is 0. The first kappa shape index (κ1) is 21.3. The number of hydrogen-bond donors (Lipinski definition) is 1. The number of fused-ring (bicyclic) bond motifs is 1. The Bertz CT molecular complexity index is 768. The molecule has 3 fully saturated rings. The first-order chi connectivity index (χ1) is 14.6.